The molecule has 19 heavy (non-hydrogen) atoms. The summed E-state index contributed by atoms with van der Waals surface area (Å²) in [5, 5.41) is 0. The molecule has 4 nitrogen and oxygen atoms in total. The Bertz CT molecular complexity index is 597. The van der Waals surface area contributed by atoms with Crippen molar-refractivity contribution in [3.05, 3.63) is 58.1 Å². The van der Waals surface area contributed by atoms with Gasteiger partial charge in [0.2, 0.25) is 5.91 Å². The molecule has 1 amide bonds. The summed E-state index contributed by atoms with van der Waals surface area (Å²) < 4.78 is 6.53. The molecule has 4 N–H and O–H groups in total. The molecular formula is C14H13BrN2O2. The number of benzene rings is 2. The number of halogens is 1. The van der Waals surface area contributed by atoms with Gasteiger partial charge in [-0.15, -0.1) is 0 Å². The predicted octanol–water partition coefficient (Wildman–Crippen LogP) is 2.80. The first-order valence-corrected chi connectivity index (χ1v) is 6.45. The van der Waals surface area contributed by atoms with E-state index >= 15 is 0 Å². The van der Waals surface area contributed by atoms with E-state index in [1.807, 2.05) is 18.2 Å². The molecule has 0 bridgehead atoms. The molecule has 0 fully saturated rings. The summed E-state index contributed by atoms with van der Waals surface area (Å²) in [5.74, 6) is 0.857. The first-order chi connectivity index (χ1) is 9.10. The number of hydrogen-bond acceptors (Lipinski definition) is 3. The minimum atomic E-state index is -0.458. The lowest BCUT2D eigenvalue weighted by atomic mass is 10.2. The molecule has 0 spiro atoms. The minimum Gasteiger partial charge on any atom is -0.456 e. The van der Waals surface area contributed by atoms with Crippen LogP contribution < -0.4 is 16.2 Å². The third-order valence-electron chi connectivity index (χ3n) is 2.60. The first kappa shape index (κ1) is 13.6. The van der Waals surface area contributed by atoms with Crippen molar-refractivity contribution in [2.24, 2.45) is 11.5 Å². The minimum absolute atomic E-state index is 0.449. The van der Waals surface area contributed by atoms with E-state index in [1.165, 1.54) is 0 Å². The summed E-state index contributed by atoms with van der Waals surface area (Å²) in [6, 6.07) is 12.3. The number of amides is 1. The van der Waals surface area contributed by atoms with Crippen LogP contribution in [-0.4, -0.2) is 5.91 Å². The van der Waals surface area contributed by atoms with Gasteiger partial charge in [0.05, 0.1) is 4.47 Å². The summed E-state index contributed by atoms with van der Waals surface area (Å²) in [6.07, 6.45) is 0. The zero-order chi connectivity index (χ0) is 13.8. The van der Waals surface area contributed by atoms with Crippen LogP contribution in [0.25, 0.3) is 0 Å². The van der Waals surface area contributed by atoms with Gasteiger partial charge in [0.1, 0.15) is 11.5 Å². The largest absolute Gasteiger partial charge is 0.456 e. The highest BCUT2D eigenvalue weighted by Gasteiger charge is 2.05. The molecule has 0 saturated heterocycles. The molecule has 0 heterocycles. The summed E-state index contributed by atoms with van der Waals surface area (Å²) in [7, 11) is 0. The van der Waals surface area contributed by atoms with E-state index in [0.717, 1.165) is 10.0 Å². The SMILES string of the molecule is NCc1ccc(Oc2ccc(C(N)=O)cc2)c(Br)c1. The molecule has 0 radical (unpaired) electrons. The normalized spacial score (nSPS) is 10.2. The van der Waals surface area contributed by atoms with Crippen LogP contribution in [0.2, 0.25) is 0 Å². The van der Waals surface area contributed by atoms with Crippen molar-refractivity contribution in [1.29, 1.82) is 0 Å². The molecule has 0 aliphatic rings. The third kappa shape index (κ3) is 3.33. The van der Waals surface area contributed by atoms with Crippen molar-refractivity contribution in [1.82, 2.24) is 0 Å². The van der Waals surface area contributed by atoms with Crippen LogP contribution in [0, 0.1) is 0 Å². The lowest BCUT2D eigenvalue weighted by Crippen LogP contribution is -2.10. The average Bonchev–Trinajstić information content (AvgIpc) is 2.41. The molecule has 0 unspecified atom stereocenters. The van der Waals surface area contributed by atoms with Gasteiger partial charge in [-0.2, -0.15) is 0 Å². The van der Waals surface area contributed by atoms with E-state index in [1.54, 1.807) is 24.3 Å². The third-order valence-corrected chi connectivity index (χ3v) is 3.22. The van der Waals surface area contributed by atoms with Crippen molar-refractivity contribution < 1.29 is 9.53 Å². The van der Waals surface area contributed by atoms with Crippen molar-refractivity contribution >= 4 is 21.8 Å². The molecule has 5 heteroatoms. The Labute approximate surface area is 119 Å². The van der Waals surface area contributed by atoms with Crippen molar-refractivity contribution in [2.75, 3.05) is 0 Å². The topological polar surface area (TPSA) is 78.3 Å². The van der Waals surface area contributed by atoms with Crippen LogP contribution in [0.1, 0.15) is 15.9 Å². The van der Waals surface area contributed by atoms with Gasteiger partial charge in [-0.25, -0.2) is 0 Å². The molecule has 0 aliphatic carbocycles. The zero-order valence-corrected chi connectivity index (χ0v) is 11.7. The van der Waals surface area contributed by atoms with Gasteiger partial charge in [0.25, 0.3) is 0 Å². The van der Waals surface area contributed by atoms with E-state index in [0.29, 0.717) is 23.6 Å². The molecule has 0 atom stereocenters. The zero-order valence-electron chi connectivity index (χ0n) is 10.1. The summed E-state index contributed by atoms with van der Waals surface area (Å²) in [4.78, 5) is 11.0. The van der Waals surface area contributed by atoms with E-state index in [2.05, 4.69) is 15.9 Å². The lowest BCUT2D eigenvalue weighted by molar-refractivity contribution is 0.100. The second-order valence-corrected chi connectivity index (χ2v) is 4.81. The highest BCUT2D eigenvalue weighted by atomic mass is 79.9. The fraction of sp³-hybridized carbons (Fsp3) is 0.0714. The second-order valence-electron chi connectivity index (χ2n) is 3.96. The lowest BCUT2D eigenvalue weighted by Gasteiger charge is -2.09. The molecule has 0 aromatic heterocycles. The average molecular weight is 321 g/mol. The van der Waals surface area contributed by atoms with Gasteiger partial charge in [-0.05, 0) is 57.9 Å². The number of nitrogens with two attached hydrogens (primary N) is 2. The van der Waals surface area contributed by atoms with Crippen LogP contribution in [0.15, 0.2) is 46.9 Å². The van der Waals surface area contributed by atoms with Crippen LogP contribution in [0.4, 0.5) is 0 Å². The van der Waals surface area contributed by atoms with E-state index in [9.17, 15) is 4.79 Å². The van der Waals surface area contributed by atoms with E-state index < -0.39 is 5.91 Å². The van der Waals surface area contributed by atoms with Crippen LogP contribution in [0.5, 0.6) is 11.5 Å². The Kier molecular flexibility index (Phi) is 4.19. The summed E-state index contributed by atoms with van der Waals surface area (Å²) in [6.45, 7) is 0.478. The fourth-order valence-electron chi connectivity index (χ4n) is 1.57. The smallest absolute Gasteiger partial charge is 0.248 e. The number of carbonyl (C=O) groups excluding carboxylic acids is 1. The molecule has 2 rings (SSSR count). The number of hydrogen-bond donors (Lipinski definition) is 2. The van der Waals surface area contributed by atoms with Gasteiger partial charge < -0.3 is 16.2 Å². The number of ether oxygens (including phenoxy) is 1. The number of carbonyl (C=O) groups is 1. The molecule has 0 saturated carbocycles. The first-order valence-electron chi connectivity index (χ1n) is 5.66. The quantitative estimate of drug-likeness (QED) is 0.909. The maximum Gasteiger partial charge on any atom is 0.248 e. The van der Waals surface area contributed by atoms with Gasteiger partial charge in [-0.3, -0.25) is 4.79 Å². The Morgan fingerprint density at radius 3 is 2.37 bits per heavy atom. The molecule has 98 valence electrons. The maximum absolute atomic E-state index is 11.0. The highest BCUT2D eigenvalue weighted by molar-refractivity contribution is 9.10. The molecule has 0 aliphatic heterocycles. The molecule has 2 aromatic carbocycles. The van der Waals surface area contributed by atoms with Gasteiger partial charge in [0, 0.05) is 12.1 Å². The predicted molar refractivity (Wildman–Crippen MR) is 77.1 cm³/mol. The van der Waals surface area contributed by atoms with Crippen LogP contribution in [0.3, 0.4) is 0 Å². The summed E-state index contributed by atoms with van der Waals surface area (Å²) >= 11 is 3.43. The van der Waals surface area contributed by atoms with E-state index in [-0.39, 0.29) is 0 Å². The summed E-state index contributed by atoms with van der Waals surface area (Å²) in [5.41, 5.74) is 12.2. The Balaban J connectivity index is 2.19. The molecular weight excluding hydrogens is 308 g/mol. The maximum atomic E-state index is 11.0. The fourth-order valence-corrected chi connectivity index (χ4v) is 2.08. The standard InChI is InChI=1S/C14H13BrN2O2/c15-12-7-9(8-16)1-6-13(12)19-11-4-2-10(3-5-11)14(17)18/h1-7H,8,16H2,(H2,17,18). The second kappa shape index (κ2) is 5.86. The Hall–Kier alpha value is -1.85. The van der Waals surface area contributed by atoms with Gasteiger partial charge in [0.15, 0.2) is 0 Å². The monoisotopic (exact) mass is 320 g/mol. The van der Waals surface area contributed by atoms with Gasteiger partial charge in [-0.1, -0.05) is 6.07 Å². The van der Waals surface area contributed by atoms with Crippen LogP contribution >= 0.6 is 15.9 Å². The van der Waals surface area contributed by atoms with Crippen molar-refractivity contribution in [3.63, 3.8) is 0 Å². The van der Waals surface area contributed by atoms with Crippen molar-refractivity contribution in [3.8, 4) is 11.5 Å². The van der Waals surface area contributed by atoms with Crippen molar-refractivity contribution in [2.45, 2.75) is 6.54 Å². The van der Waals surface area contributed by atoms with Crippen LogP contribution in [-0.2, 0) is 6.54 Å². The Morgan fingerprint density at radius 2 is 1.84 bits per heavy atom. The van der Waals surface area contributed by atoms with E-state index in [4.69, 9.17) is 16.2 Å². The highest BCUT2D eigenvalue weighted by Crippen LogP contribution is 2.30. The number of primary amides is 1. The number of rotatable bonds is 4. The van der Waals surface area contributed by atoms with Gasteiger partial charge >= 0.3 is 0 Å². The Morgan fingerprint density at radius 1 is 1.16 bits per heavy atom. The molecule has 2 aromatic rings.